The van der Waals surface area contributed by atoms with Crippen molar-refractivity contribution in [3.8, 4) is 5.75 Å². The zero-order valence-corrected chi connectivity index (χ0v) is 12.0. The molecule has 1 unspecified atom stereocenters. The van der Waals surface area contributed by atoms with Crippen molar-refractivity contribution >= 4 is 0 Å². The van der Waals surface area contributed by atoms with Gasteiger partial charge in [-0.2, -0.15) is 0 Å². The predicted octanol–water partition coefficient (Wildman–Crippen LogP) is 2.44. The zero-order valence-electron chi connectivity index (χ0n) is 12.0. The molecule has 1 saturated heterocycles. The van der Waals surface area contributed by atoms with Crippen LogP contribution in [0.5, 0.6) is 5.75 Å². The first kappa shape index (κ1) is 14.4. The van der Waals surface area contributed by atoms with E-state index >= 15 is 0 Å². The van der Waals surface area contributed by atoms with E-state index in [4.69, 9.17) is 10.5 Å². The van der Waals surface area contributed by atoms with E-state index < -0.39 is 0 Å². The maximum absolute atomic E-state index is 5.78. The second kappa shape index (κ2) is 7.51. The molecule has 0 aromatic heterocycles. The van der Waals surface area contributed by atoms with Crippen LogP contribution in [0.15, 0.2) is 24.3 Å². The molecule has 0 saturated carbocycles. The van der Waals surface area contributed by atoms with Crippen LogP contribution in [0.4, 0.5) is 0 Å². The van der Waals surface area contributed by atoms with E-state index in [0.717, 1.165) is 31.7 Å². The molecule has 0 spiro atoms. The number of likely N-dealkylation sites (tertiary alicyclic amines) is 1. The highest BCUT2D eigenvalue weighted by molar-refractivity contribution is 5.27. The van der Waals surface area contributed by atoms with Crippen molar-refractivity contribution in [1.29, 1.82) is 0 Å². The third-order valence-electron chi connectivity index (χ3n) is 3.69. The molecule has 19 heavy (non-hydrogen) atoms. The first-order valence-electron chi connectivity index (χ1n) is 7.44. The number of ether oxygens (including phenoxy) is 1. The van der Waals surface area contributed by atoms with E-state index in [9.17, 15) is 0 Å². The summed E-state index contributed by atoms with van der Waals surface area (Å²) in [6.07, 6.45) is 4.77. The Bertz CT molecular complexity index is 356. The fraction of sp³-hybridized carbons (Fsp3) is 0.625. The van der Waals surface area contributed by atoms with Crippen LogP contribution in [-0.4, -0.2) is 37.2 Å². The number of aryl methyl sites for hydroxylation is 1. The lowest BCUT2D eigenvalue weighted by Gasteiger charge is -2.15. The molecule has 1 fully saturated rings. The van der Waals surface area contributed by atoms with Crippen LogP contribution in [0.1, 0.15) is 31.7 Å². The van der Waals surface area contributed by atoms with Gasteiger partial charge in [-0.05, 0) is 63.4 Å². The van der Waals surface area contributed by atoms with E-state index in [0.29, 0.717) is 0 Å². The van der Waals surface area contributed by atoms with E-state index in [1.54, 1.807) is 0 Å². The van der Waals surface area contributed by atoms with Crippen molar-refractivity contribution < 1.29 is 4.74 Å². The minimum atomic E-state index is 0.274. The summed E-state index contributed by atoms with van der Waals surface area (Å²) in [5, 5.41) is 0. The summed E-state index contributed by atoms with van der Waals surface area (Å²) in [6.45, 7) is 6.36. The second-order valence-electron chi connectivity index (χ2n) is 5.56. The third-order valence-corrected chi connectivity index (χ3v) is 3.69. The Morgan fingerprint density at radius 1 is 1.21 bits per heavy atom. The van der Waals surface area contributed by atoms with Gasteiger partial charge >= 0.3 is 0 Å². The van der Waals surface area contributed by atoms with Crippen LogP contribution < -0.4 is 10.5 Å². The van der Waals surface area contributed by atoms with Gasteiger partial charge in [0.25, 0.3) is 0 Å². The molecule has 1 aromatic rings. The zero-order chi connectivity index (χ0) is 13.5. The quantitative estimate of drug-likeness (QED) is 0.820. The van der Waals surface area contributed by atoms with Gasteiger partial charge in [-0.25, -0.2) is 0 Å². The lowest BCUT2D eigenvalue weighted by molar-refractivity contribution is 0.238. The van der Waals surface area contributed by atoms with E-state index in [2.05, 4.69) is 36.1 Å². The van der Waals surface area contributed by atoms with Gasteiger partial charge in [-0.15, -0.1) is 0 Å². The molecule has 2 N–H and O–H groups in total. The number of hydrogen-bond donors (Lipinski definition) is 1. The maximum atomic E-state index is 5.78. The van der Waals surface area contributed by atoms with Crippen LogP contribution in [-0.2, 0) is 6.42 Å². The summed E-state index contributed by atoms with van der Waals surface area (Å²) < 4.78 is 5.78. The molecule has 0 bridgehead atoms. The first-order valence-corrected chi connectivity index (χ1v) is 7.44. The van der Waals surface area contributed by atoms with Gasteiger partial charge in [0, 0.05) is 12.6 Å². The number of nitrogens with zero attached hydrogens (tertiary/aromatic N) is 1. The Hall–Kier alpha value is -1.06. The molecule has 106 valence electrons. The van der Waals surface area contributed by atoms with Gasteiger partial charge in [-0.3, -0.25) is 4.90 Å². The van der Waals surface area contributed by atoms with Crippen molar-refractivity contribution in [2.24, 2.45) is 5.73 Å². The van der Waals surface area contributed by atoms with Crippen LogP contribution in [0.2, 0.25) is 0 Å². The van der Waals surface area contributed by atoms with E-state index in [1.807, 2.05) is 0 Å². The largest absolute Gasteiger partial charge is 0.492 e. The van der Waals surface area contributed by atoms with Crippen LogP contribution in [0.3, 0.4) is 0 Å². The van der Waals surface area contributed by atoms with Gasteiger partial charge in [-0.1, -0.05) is 12.1 Å². The van der Waals surface area contributed by atoms with Crippen LogP contribution >= 0.6 is 0 Å². The molecule has 2 rings (SSSR count). The standard InChI is InChI=1S/C16H26N2O/c1-14(17)4-5-15-6-8-16(9-7-15)19-13-12-18-10-2-3-11-18/h6-9,14H,2-5,10-13,17H2,1H3. The molecule has 1 aliphatic rings. The van der Waals surface area contributed by atoms with Crippen molar-refractivity contribution in [3.05, 3.63) is 29.8 Å². The van der Waals surface area contributed by atoms with Gasteiger partial charge in [0.2, 0.25) is 0 Å². The molecular weight excluding hydrogens is 236 g/mol. The molecule has 1 aromatic carbocycles. The lowest BCUT2D eigenvalue weighted by Crippen LogP contribution is -2.25. The highest BCUT2D eigenvalue weighted by atomic mass is 16.5. The van der Waals surface area contributed by atoms with Crippen molar-refractivity contribution in [2.75, 3.05) is 26.2 Å². The fourth-order valence-corrected chi connectivity index (χ4v) is 2.45. The Morgan fingerprint density at radius 3 is 2.53 bits per heavy atom. The lowest BCUT2D eigenvalue weighted by atomic mass is 10.1. The predicted molar refractivity (Wildman–Crippen MR) is 79.6 cm³/mol. The average Bonchev–Trinajstić information content (AvgIpc) is 2.91. The Labute approximate surface area is 116 Å². The SMILES string of the molecule is CC(N)CCc1ccc(OCCN2CCCC2)cc1. The summed E-state index contributed by atoms with van der Waals surface area (Å²) >= 11 is 0. The minimum Gasteiger partial charge on any atom is -0.492 e. The van der Waals surface area contributed by atoms with Crippen molar-refractivity contribution in [1.82, 2.24) is 4.90 Å². The average molecular weight is 262 g/mol. The van der Waals surface area contributed by atoms with Gasteiger partial charge < -0.3 is 10.5 Å². The topological polar surface area (TPSA) is 38.5 Å². The Kier molecular flexibility index (Phi) is 5.67. The number of hydrogen-bond acceptors (Lipinski definition) is 3. The van der Waals surface area contributed by atoms with E-state index in [1.165, 1.54) is 31.5 Å². The summed E-state index contributed by atoms with van der Waals surface area (Å²) in [5.74, 6) is 0.976. The molecule has 0 radical (unpaired) electrons. The Morgan fingerprint density at radius 2 is 1.89 bits per heavy atom. The molecule has 1 aliphatic heterocycles. The first-order chi connectivity index (χ1) is 9.24. The molecule has 1 heterocycles. The summed E-state index contributed by atoms with van der Waals surface area (Å²) in [5.41, 5.74) is 7.10. The van der Waals surface area contributed by atoms with E-state index in [-0.39, 0.29) is 6.04 Å². The molecule has 1 atom stereocenters. The maximum Gasteiger partial charge on any atom is 0.119 e. The molecule has 0 amide bonds. The third kappa shape index (κ3) is 5.21. The van der Waals surface area contributed by atoms with Crippen LogP contribution in [0, 0.1) is 0 Å². The highest BCUT2D eigenvalue weighted by Crippen LogP contribution is 2.14. The van der Waals surface area contributed by atoms with Gasteiger partial charge in [0.15, 0.2) is 0 Å². The molecule has 0 aliphatic carbocycles. The Balaban J connectivity index is 1.69. The molecular formula is C16H26N2O. The second-order valence-corrected chi connectivity index (χ2v) is 5.56. The number of rotatable bonds is 7. The van der Waals surface area contributed by atoms with Gasteiger partial charge in [0.1, 0.15) is 12.4 Å². The molecule has 3 heteroatoms. The number of benzene rings is 1. The monoisotopic (exact) mass is 262 g/mol. The normalized spacial score (nSPS) is 17.6. The van der Waals surface area contributed by atoms with Crippen LogP contribution in [0.25, 0.3) is 0 Å². The summed E-state index contributed by atoms with van der Waals surface area (Å²) in [4.78, 5) is 2.47. The summed E-state index contributed by atoms with van der Waals surface area (Å²) in [6, 6.07) is 8.71. The number of nitrogens with two attached hydrogens (primary N) is 1. The summed E-state index contributed by atoms with van der Waals surface area (Å²) in [7, 11) is 0. The minimum absolute atomic E-state index is 0.274. The van der Waals surface area contributed by atoms with Gasteiger partial charge in [0.05, 0.1) is 0 Å². The van der Waals surface area contributed by atoms with Crippen molar-refractivity contribution in [3.63, 3.8) is 0 Å². The highest BCUT2D eigenvalue weighted by Gasteiger charge is 2.10. The smallest absolute Gasteiger partial charge is 0.119 e. The van der Waals surface area contributed by atoms with Crippen molar-refractivity contribution in [2.45, 2.75) is 38.6 Å². The fourth-order valence-electron chi connectivity index (χ4n) is 2.45. The molecule has 3 nitrogen and oxygen atoms in total.